The largest absolute Gasteiger partial charge is 0.305 e. The number of benzene rings is 6. The maximum atomic E-state index is 4.65. The number of rotatable bonds is 3. The van der Waals surface area contributed by atoms with Crippen LogP contribution in [0.4, 0.5) is 0 Å². The van der Waals surface area contributed by atoms with Gasteiger partial charge in [0.15, 0.2) is 0 Å². The van der Waals surface area contributed by atoms with Gasteiger partial charge in [-0.05, 0) is 67.2 Å². The third-order valence-electron chi connectivity index (χ3n) is 9.39. The van der Waals surface area contributed by atoms with Crippen LogP contribution in [0.25, 0.3) is 66.0 Å². The number of pyridine rings is 2. The number of nitrogens with zero attached hydrogens (tertiary/aromatic N) is 2. The predicted molar refractivity (Wildman–Crippen MR) is 212 cm³/mol. The van der Waals surface area contributed by atoms with E-state index in [-0.39, 0.29) is 30.9 Å². The molecule has 0 N–H and O–H groups in total. The molecule has 8 aromatic rings. The average Bonchev–Trinajstić information content (AvgIpc) is 3.15. The molecule has 3 heteroatoms. The molecular formula is C48H42IrN2-2. The van der Waals surface area contributed by atoms with E-state index in [9.17, 15) is 0 Å². The van der Waals surface area contributed by atoms with Crippen LogP contribution >= 0.6 is 0 Å². The Kier molecular flexibility index (Phi) is 10.4. The summed E-state index contributed by atoms with van der Waals surface area (Å²) in [4.78, 5) is 9.17. The Morgan fingerprint density at radius 2 is 0.941 bits per heavy atom. The van der Waals surface area contributed by atoms with Crippen molar-refractivity contribution in [1.82, 2.24) is 9.97 Å². The average molecular weight is 839 g/mol. The monoisotopic (exact) mass is 839 g/mol. The van der Waals surface area contributed by atoms with Gasteiger partial charge in [0.2, 0.25) is 0 Å². The summed E-state index contributed by atoms with van der Waals surface area (Å²) in [7, 11) is 0. The van der Waals surface area contributed by atoms with Gasteiger partial charge in [0.25, 0.3) is 0 Å². The van der Waals surface area contributed by atoms with Crippen LogP contribution in [0.2, 0.25) is 0 Å². The first kappa shape index (κ1) is 35.9. The molecule has 0 atom stereocenters. The molecule has 0 unspecified atom stereocenters. The maximum absolute atomic E-state index is 4.65. The number of fused-ring (bicyclic) bond motifs is 6. The molecule has 8 rings (SSSR count). The smallest absolute Gasteiger partial charge is 0.0166 e. The third kappa shape index (κ3) is 7.71. The molecule has 0 amide bonds. The first-order valence-electron chi connectivity index (χ1n) is 17.3. The molecule has 2 aromatic heterocycles. The molecule has 1 radical (unpaired) electrons. The summed E-state index contributed by atoms with van der Waals surface area (Å²) < 4.78 is 0. The van der Waals surface area contributed by atoms with E-state index in [1.54, 1.807) is 0 Å². The van der Waals surface area contributed by atoms with Crippen LogP contribution in [-0.2, 0) is 30.9 Å². The second-order valence-corrected chi connectivity index (χ2v) is 15.0. The van der Waals surface area contributed by atoms with Crippen LogP contribution in [0.1, 0.15) is 52.7 Å². The van der Waals surface area contributed by atoms with Gasteiger partial charge in [0.05, 0.1) is 0 Å². The van der Waals surface area contributed by atoms with Crippen molar-refractivity contribution in [2.24, 2.45) is 0 Å². The normalized spacial score (nSPS) is 11.6. The van der Waals surface area contributed by atoms with Crippen molar-refractivity contribution >= 4 is 32.3 Å². The first-order chi connectivity index (χ1) is 24.1. The summed E-state index contributed by atoms with van der Waals surface area (Å²) in [5.74, 6) is 0. The van der Waals surface area contributed by atoms with E-state index in [2.05, 4.69) is 185 Å². The van der Waals surface area contributed by atoms with E-state index in [1.165, 1.54) is 49.0 Å². The van der Waals surface area contributed by atoms with E-state index < -0.39 is 0 Å². The zero-order valence-corrected chi connectivity index (χ0v) is 32.5. The van der Waals surface area contributed by atoms with E-state index >= 15 is 0 Å². The van der Waals surface area contributed by atoms with Crippen LogP contribution in [-0.4, -0.2) is 9.97 Å². The van der Waals surface area contributed by atoms with Gasteiger partial charge >= 0.3 is 0 Å². The van der Waals surface area contributed by atoms with Gasteiger partial charge in [-0.15, -0.1) is 59.2 Å². The molecular weight excluding hydrogens is 797 g/mol. The second kappa shape index (κ2) is 14.7. The van der Waals surface area contributed by atoms with Crippen LogP contribution in [0, 0.1) is 12.1 Å². The molecule has 0 saturated heterocycles. The Labute approximate surface area is 316 Å². The van der Waals surface area contributed by atoms with Gasteiger partial charge in [-0.3, -0.25) is 0 Å². The second-order valence-electron chi connectivity index (χ2n) is 15.0. The molecule has 2 heterocycles. The molecule has 0 spiro atoms. The molecule has 51 heavy (non-hydrogen) atoms. The molecule has 0 aliphatic rings. The van der Waals surface area contributed by atoms with Gasteiger partial charge in [-0.2, -0.15) is 0 Å². The molecule has 0 fully saturated rings. The van der Waals surface area contributed by atoms with Crippen LogP contribution in [0.5, 0.6) is 0 Å². The quantitative estimate of drug-likeness (QED) is 0.131. The summed E-state index contributed by atoms with van der Waals surface area (Å²) in [6.45, 7) is 13.4. The van der Waals surface area contributed by atoms with Gasteiger partial charge in [0, 0.05) is 32.5 Å². The summed E-state index contributed by atoms with van der Waals surface area (Å²) >= 11 is 0. The molecule has 0 aliphatic heterocycles. The summed E-state index contributed by atoms with van der Waals surface area (Å²) in [5.41, 5.74) is 9.29. The van der Waals surface area contributed by atoms with E-state index in [0.717, 1.165) is 28.1 Å². The predicted octanol–water partition coefficient (Wildman–Crippen LogP) is 12.8. The Bertz CT molecular complexity index is 2360. The van der Waals surface area contributed by atoms with Crippen molar-refractivity contribution in [1.29, 1.82) is 0 Å². The van der Waals surface area contributed by atoms with Crippen LogP contribution in [0.3, 0.4) is 0 Å². The minimum atomic E-state index is 0. The SMILES string of the molecule is CC(C)(C)c1cc[c-]c(-c2cc(C(C)(C)C)ccn2)c1.[Ir].[c-]1cc2c3ccccc3c3ccccc3c2cc1-c1cc(-c2ccccc2)ccn1. The number of hydrogen-bond acceptors (Lipinski definition) is 2. The van der Waals surface area contributed by atoms with Crippen molar-refractivity contribution in [3.63, 3.8) is 0 Å². The first-order valence-corrected chi connectivity index (χ1v) is 17.3. The number of aromatic nitrogens is 2. The third-order valence-corrected chi connectivity index (χ3v) is 9.39. The van der Waals surface area contributed by atoms with Crippen molar-refractivity contribution in [3.8, 4) is 33.6 Å². The van der Waals surface area contributed by atoms with Gasteiger partial charge in [-0.25, -0.2) is 0 Å². The standard InChI is InChI=1S/C29H18N.C19H24N.Ir/c1-2-8-20(9-3-1)21-16-17-30-29(19-21)22-14-15-27-25-12-5-4-10-23(25)24-11-6-7-13-26(24)28(27)18-22;1-18(2,3)15-9-7-8-14(12-15)17-13-16(10-11-20-17)19(4,5)6;/h1-13,15-19H;7,9-13H,1-6H3;/q2*-1;. The Morgan fingerprint density at radius 1 is 0.431 bits per heavy atom. The molecule has 0 aliphatic carbocycles. The fraction of sp³-hybridized carbons (Fsp3) is 0.167. The minimum Gasteiger partial charge on any atom is -0.305 e. The van der Waals surface area contributed by atoms with E-state index in [0.29, 0.717) is 0 Å². The fourth-order valence-corrected chi connectivity index (χ4v) is 6.50. The summed E-state index contributed by atoms with van der Waals surface area (Å²) in [6.07, 6.45) is 3.78. The van der Waals surface area contributed by atoms with E-state index in [1.807, 2.05) is 24.5 Å². The Balaban J connectivity index is 0.000000188. The Morgan fingerprint density at radius 3 is 1.57 bits per heavy atom. The minimum absolute atomic E-state index is 0. The maximum Gasteiger partial charge on any atom is 0.0166 e. The molecule has 6 aromatic carbocycles. The van der Waals surface area contributed by atoms with Crippen molar-refractivity contribution in [3.05, 3.63) is 169 Å². The number of hydrogen-bond donors (Lipinski definition) is 0. The van der Waals surface area contributed by atoms with Crippen LogP contribution in [0.15, 0.2) is 146 Å². The summed E-state index contributed by atoms with van der Waals surface area (Å²) in [6, 6.07) is 53.7. The molecule has 0 bridgehead atoms. The van der Waals surface area contributed by atoms with Crippen LogP contribution < -0.4 is 0 Å². The van der Waals surface area contributed by atoms with Gasteiger partial charge in [-0.1, -0.05) is 149 Å². The van der Waals surface area contributed by atoms with E-state index in [4.69, 9.17) is 0 Å². The zero-order valence-electron chi connectivity index (χ0n) is 30.1. The van der Waals surface area contributed by atoms with Crippen molar-refractivity contribution in [2.75, 3.05) is 0 Å². The Hall–Kier alpha value is -4.95. The topological polar surface area (TPSA) is 25.8 Å². The molecule has 2 nitrogen and oxygen atoms in total. The van der Waals surface area contributed by atoms with Gasteiger partial charge < -0.3 is 9.97 Å². The van der Waals surface area contributed by atoms with Crippen molar-refractivity contribution < 1.29 is 20.1 Å². The van der Waals surface area contributed by atoms with Gasteiger partial charge in [0.1, 0.15) is 0 Å². The molecule has 255 valence electrons. The summed E-state index contributed by atoms with van der Waals surface area (Å²) in [5, 5.41) is 7.56. The van der Waals surface area contributed by atoms with Crippen molar-refractivity contribution in [2.45, 2.75) is 52.4 Å². The fourth-order valence-electron chi connectivity index (χ4n) is 6.50. The zero-order chi connectivity index (χ0) is 34.9. The molecule has 0 saturated carbocycles.